The summed E-state index contributed by atoms with van der Waals surface area (Å²) < 4.78 is 16.4. The van der Waals surface area contributed by atoms with Crippen LogP contribution < -0.4 is 9.47 Å². The van der Waals surface area contributed by atoms with E-state index in [0.29, 0.717) is 31.0 Å². The molecule has 2 aliphatic rings. The van der Waals surface area contributed by atoms with E-state index in [-0.39, 0.29) is 18.8 Å². The molecule has 6 rings (SSSR count). The molecule has 2 N–H and O–H groups in total. The van der Waals surface area contributed by atoms with Crippen molar-refractivity contribution >= 4 is 23.1 Å². The minimum Gasteiger partial charge on any atom is -0.476 e. The summed E-state index contributed by atoms with van der Waals surface area (Å²) in [7, 11) is 1.92. The number of pyridine rings is 1. The van der Waals surface area contributed by atoms with Gasteiger partial charge in [0.1, 0.15) is 11.6 Å². The number of nitrogens with zero attached hydrogens (tertiary/aromatic N) is 7. The van der Waals surface area contributed by atoms with Crippen LogP contribution in [0.4, 0.5) is 0 Å². The zero-order valence-electron chi connectivity index (χ0n) is 24.1. The van der Waals surface area contributed by atoms with Crippen LogP contribution in [0.1, 0.15) is 68.0 Å². The summed E-state index contributed by atoms with van der Waals surface area (Å²) in [4.78, 5) is 7.39. The van der Waals surface area contributed by atoms with Gasteiger partial charge < -0.3 is 14.6 Å². The Bertz CT molecular complexity index is 1580. The maximum atomic E-state index is 10.1. The van der Waals surface area contributed by atoms with E-state index >= 15 is 0 Å². The average Bonchev–Trinajstić information content (AvgIpc) is 3.52. The topological polar surface area (TPSA) is 119 Å². The Balaban J connectivity index is 1.58. The van der Waals surface area contributed by atoms with Gasteiger partial charge in [-0.3, -0.25) is 19.7 Å². The van der Waals surface area contributed by atoms with E-state index in [9.17, 15) is 5.11 Å². The predicted molar refractivity (Wildman–Crippen MR) is 153 cm³/mol. The van der Waals surface area contributed by atoms with E-state index in [1.807, 2.05) is 50.2 Å². The molecule has 212 valence electrons. The number of aromatic nitrogens is 7. The highest BCUT2D eigenvalue weighted by atomic mass is 16.5. The molecule has 2 unspecified atom stereocenters. The van der Waals surface area contributed by atoms with Gasteiger partial charge >= 0.3 is 0 Å². The molecule has 0 spiro atoms. The highest BCUT2D eigenvalue weighted by Gasteiger charge is 2.33. The largest absolute Gasteiger partial charge is 0.476 e. The third-order valence-corrected chi connectivity index (χ3v) is 7.79. The molecular weight excluding hydrogens is 508 g/mol. The second-order valence-electron chi connectivity index (χ2n) is 11.0. The fourth-order valence-electron chi connectivity index (χ4n) is 5.68. The second kappa shape index (κ2) is 10.4. The van der Waals surface area contributed by atoms with Crippen molar-refractivity contribution in [1.29, 1.82) is 0 Å². The minimum atomic E-state index is -0.197. The van der Waals surface area contributed by atoms with Crippen LogP contribution in [-0.4, -0.2) is 76.7 Å². The van der Waals surface area contributed by atoms with Gasteiger partial charge in [0, 0.05) is 31.6 Å². The third kappa shape index (κ3) is 4.66. The molecule has 5 heterocycles. The average molecular weight is 547 g/mol. The number of aryl methyl sites for hydroxylation is 3. The highest BCUT2D eigenvalue weighted by molar-refractivity contribution is 5.93. The fraction of sp³-hybridized carbons (Fsp3) is 0.517. The summed E-state index contributed by atoms with van der Waals surface area (Å²) in [5.74, 6) is 1.27. The number of aromatic amines is 1. The van der Waals surface area contributed by atoms with E-state index in [1.54, 1.807) is 0 Å². The lowest BCUT2D eigenvalue weighted by Crippen LogP contribution is -2.36. The van der Waals surface area contributed by atoms with Gasteiger partial charge in [-0.25, -0.2) is 4.68 Å². The van der Waals surface area contributed by atoms with Gasteiger partial charge in [0.15, 0.2) is 0 Å². The summed E-state index contributed by atoms with van der Waals surface area (Å²) in [5.41, 5.74) is 7.01. The molecule has 4 aromatic rings. The quantitative estimate of drug-likeness (QED) is 0.385. The number of aliphatic hydroxyl groups is 1. The molecule has 0 aromatic carbocycles. The van der Waals surface area contributed by atoms with Crippen LogP contribution in [0.15, 0.2) is 6.07 Å². The number of hydrogen-bond donors (Lipinski definition) is 2. The minimum absolute atomic E-state index is 0.0187. The zero-order valence-corrected chi connectivity index (χ0v) is 24.1. The lowest BCUT2D eigenvalue weighted by molar-refractivity contribution is 0.124. The van der Waals surface area contributed by atoms with Gasteiger partial charge in [0.05, 0.1) is 58.9 Å². The second-order valence-corrected chi connectivity index (χ2v) is 11.0. The summed E-state index contributed by atoms with van der Waals surface area (Å²) >= 11 is 0. The Morgan fingerprint density at radius 1 is 1.20 bits per heavy atom. The maximum absolute atomic E-state index is 10.1. The van der Waals surface area contributed by atoms with Gasteiger partial charge in [0.25, 0.3) is 0 Å². The van der Waals surface area contributed by atoms with Gasteiger partial charge in [-0.15, -0.1) is 5.10 Å². The van der Waals surface area contributed by atoms with Gasteiger partial charge in [-0.1, -0.05) is 0 Å². The van der Waals surface area contributed by atoms with Crippen molar-refractivity contribution in [2.24, 2.45) is 7.05 Å². The Morgan fingerprint density at radius 3 is 2.73 bits per heavy atom. The van der Waals surface area contributed by atoms with Gasteiger partial charge in [0.2, 0.25) is 11.8 Å². The number of hydrogen-bond acceptors (Lipinski definition) is 8. The Labute approximate surface area is 233 Å². The third-order valence-electron chi connectivity index (χ3n) is 7.79. The van der Waals surface area contributed by atoms with Crippen LogP contribution in [-0.2, 0) is 13.6 Å². The molecule has 11 heteroatoms. The molecule has 0 amide bonds. The summed E-state index contributed by atoms with van der Waals surface area (Å²) in [6.07, 6.45) is 6.29. The number of H-pyrrole nitrogens is 1. The predicted octanol–water partition coefficient (Wildman–Crippen LogP) is 4.04. The standard InChI is InChI=1S/C29H38N8O3/c1-7-39-28-21-10-11-23-22-12-24(30-19(5)27(22)32-31-23)26-18(4)33-35(6)29(26)40-17(3)13-36(20-8-9-20)14-25(21)37(34-28)16(2)15-38/h10-12,16-17,20,38H,7-9,13-15H2,1-6H3,(H,31,32)/b11-10+. The van der Waals surface area contributed by atoms with Crippen LogP contribution in [0.3, 0.4) is 0 Å². The molecule has 4 aromatic heterocycles. The van der Waals surface area contributed by atoms with Crippen molar-refractivity contribution in [3.8, 4) is 23.0 Å². The van der Waals surface area contributed by atoms with Crippen LogP contribution in [0.25, 0.3) is 34.3 Å². The van der Waals surface area contributed by atoms with Crippen molar-refractivity contribution in [2.45, 2.75) is 72.2 Å². The molecule has 0 radical (unpaired) electrons. The van der Waals surface area contributed by atoms with Gasteiger partial charge in [-0.2, -0.15) is 10.2 Å². The first-order chi connectivity index (χ1) is 19.3. The van der Waals surface area contributed by atoms with Crippen molar-refractivity contribution in [3.63, 3.8) is 0 Å². The molecule has 1 aliphatic carbocycles. The van der Waals surface area contributed by atoms with E-state index in [2.05, 4.69) is 34.2 Å². The molecule has 1 fully saturated rings. The normalized spacial score (nSPS) is 19.5. The molecule has 2 atom stereocenters. The van der Waals surface area contributed by atoms with Crippen molar-refractivity contribution in [3.05, 3.63) is 34.4 Å². The molecule has 0 saturated heterocycles. The lowest BCUT2D eigenvalue weighted by Gasteiger charge is -2.27. The molecule has 1 saturated carbocycles. The van der Waals surface area contributed by atoms with E-state index in [1.165, 1.54) is 0 Å². The maximum Gasteiger partial charge on any atom is 0.240 e. The Kier molecular flexibility index (Phi) is 6.87. The number of aliphatic hydroxyl groups excluding tert-OH is 1. The van der Waals surface area contributed by atoms with Crippen molar-refractivity contribution in [1.82, 2.24) is 39.6 Å². The number of nitrogens with one attached hydrogen (secondary N) is 1. The van der Waals surface area contributed by atoms with Crippen molar-refractivity contribution < 1.29 is 14.6 Å². The lowest BCUT2D eigenvalue weighted by atomic mass is 10.1. The smallest absolute Gasteiger partial charge is 0.240 e. The molecule has 40 heavy (non-hydrogen) atoms. The zero-order chi connectivity index (χ0) is 28.1. The first-order valence-corrected chi connectivity index (χ1v) is 14.1. The molecule has 2 bridgehead atoms. The van der Waals surface area contributed by atoms with Crippen LogP contribution in [0, 0.1) is 13.8 Å². The van der Waals surface area contributed by atoms with Gasteiger partial charge in [-0.05, 0) is 65.7 Å². The summed E-state index contributed by atoms with van der Waals surface area (Å²) in [6.45, 7) is 11.9. The number of rotatable bonds is 5. The molecular formula is C29H38N8O3. The van der Waals surface area contributed by atoms with E-state index in [4.69, 9.17) is 24.7 Å². The van der Waals surface area contributed by atoms with Crippen LogP contribution in [0.5, 0.6) is 11.8 Å². The van der Waals surface area contributed by atoms with Crippen molar-refractivity contribution in [2.75, 3.05) is 19.8 Å². The Hall–Kier alpha value is -3.70. The summed E-state index contributed by atoms with van der Waals surface area (Å²) in [5, 5.41) is 28.4. The number of fused-ring (bicyclic) bond motifs is 4. The fourth-order valence-corrected chi connectivity index (χ4v) is 5.68. The highest BCUT2D eigenvalue weighted by Crippen LogP contribution is 2.37. The molecule has 11 nitrogen and oxygen atoms in total. The first kappa shape index (κ1) is 26.5. The van der Waals surface area contributed by atoms with E-state index in [0.717, 1.165) is 69.9 Å². The number of ether oxygens (including phenoxy) is 2. The van der Waals surface area contributed by atoms with E-state index < -0.39 is 0 Å². The van der Waals surface area contributed by atoms with Crippen LogP contribution >= 0.6 is 0 Å². The molecule has 1 aliphatic heterocycles. The first-order valence-electron chi connectivity index (χ1n) is 14.1. The SMILES string of the molecule is CCOc1nn(C(C)CO)c2c1/C=C/c1[nH]nc3c(C)nc(cc13)-c1c(C)nn(C)c1OC(C)CN(C1CC1)C2. The summed E-state index contributed by atoms with van der Waals surface area (Å²) in [6, 6.07) is 2.34. The Morgan fingerprint density at radius 2 is 2.00 bits per heavy atom. The van der Waals surface area contributed by atoms with Crippen LogP contribution in [0.2, 0.25) is 0 Å². The monoisotopic (exact) mass is 546 g/mol.